The van der Waals surface area contributed by atoms with Gasteiger partial charge in [0, 0.05) is 6.54 Å². The molecule has 8 heteroatoms. The zero-order valence-electron chi connectivity index (χ0n) is 10.6. The van der Waals surface area contributed by atoms with E-state index < -0.39 is 23.7 Å². The van der Waals surface area contributed by atoms with E-state index in [2.05, 4.69) is 0 Å². The molecule has 110 valence electrons. The van der Waals surface area contributed by atoms with Gasteiger partial charge in [0.05, 0.1) is 12.5 Å². The van der Waals surface area contributed by atoms with Crippen LogP contribution in [0.25, 0.3) is 0 Å². The van der Waals surface area contributed by atoms with E-state index in [4.69, 9.17) is 5.26 Å². The Kier molecular flexibility index (Phi) is 3.60. The third-order valence-corrected chi connectivity index (χ3v) is 3.18. The molecule has 1 fully saturated rings. The molecule has 0 radical (unpaired) electrons. The highest BCUT2D eigenvalue weighted by molar-refractivity contribution is 6.08. The Hall–Kier alpha value is -2.56. The fourth-order valence-corrected chi connectivity index (χ4v) is 2.18. The summed E-state index contributed by atoms with van der Waals surface area (Å²) in [5.41, 5.74) is -3.46. The van der Waals surface area contributed by atoms with Crippen molar-refractivity contribution in [3.05, 3.63) is 35.9 Å². The Morgan fingerprint density at radius 3 is 2.38 bits per heavy atom. The number of nitrogens with one attached hydrogen (secondary N) is 1. The summed E-state index contributed by atoms with van der Waals surface area (Å²) in [6.45, 7) is -0.383. The normalized spacial score (nSPS) is 22.1. The summed E-state index contributed by atoms with van der Waals surface area (Å²) in [7, 11) is 0. The van der Waals surface area contributed by atoms with E-state index in [0.717, 1.165) is 12.1 Å². The van der Waals surface area contributed by atoms with Gasteiger partial charge >= 0.3 is 12.2 Å². The molecule has 0 aromatic heterocycles. The summed E-state index contributed by atoms with van der Waals surface area (Å²) in [5, 5.41) is 10.2. The molecule has 1 heterocycles. The lowest BCUT2D eigenvalue weighted by Gasteiger charge is -2.29. The highest BCUT2D eigenvalue weighted by Crippen LogP contribution is 2.43. The van der Waals surface area contributed by atoms with Crippen molar-refractivity contribution in [2.75, 3.05) is 6.54 Å². The topological polar surface area (TPSA) is 73.2 Å². The fraction of sp³-hybridized carbons (Fsp3) is 0.308. The van der Waals surface area contributed by atoms with Crippen LogP contribution in [0.15, 0.2) is 30.3 Å². The molecular weight excluding hydrogens is 287 g/mol. The van der Waals surface area contributed by atoms with Crippen LogP contribution in [0.1, 0.15) is 12.0 Å². The smallest absolute Gasteiger partial charge is 0.312 e. The number of rotatable bonds is 3. The number of hydrogen-bond donors (Lipinski definition) is 1. The molecule has 0 aliphatic carbocycles. The average Bonchev–Trinajstić information content (AvgIpc) is 2.70. The minimum absolute atomic E-state index is 0.234. The molecule has 2 rings (SSSR count). The highest BCUT2D eigenvalue weighted by Gasteiger charge is 2.68. The van der Waals surface area contributed by atoms with E-state index in [-0.39, 0.29) is 18.5 Å². The molecule has 1 aromatic rings. The predicted octanol–water partition coefficient (Wildman–Crippen LogP) is 1.91. The van der Waals surface area contributed by atoms with Crippen molar-refractivity contribution in [2.45, 2.75) is 18.1 Å². The van der Waals surface area contributed by atoms with Crippen LogP contribution in [0.2, 0.25) is 0 Å². The second kappa shape index (κ2) is 5.09. The molecule has 1 aliphatic rings. The van der Waals surface area contributed by atoms with Gasteiger partial charge < -0.3 is 5.32 Å². The molecular formula is C13H10F3N3O2. The van der Waals surface area contributed by atoms with Crippen molar-refractivity contribution < 1.29 is 22.8 Å². The number of alkyl halides is 3. The van der Waals surface area contributed by atoms with Crippen LogP contribution >= 0.6 is 0 Å². The van der Waals surface area contributed by atoms with Gasteiger partial charge in [-0.25, -0.2) is 4.79 Å². The first-order valence-electron chi connectivity index (χ1n) is 5.98. The SMILES string of the molecule is N#CCCN1C(=O)N[C@](c2ccccc2)(C(F)(F)F)C1=O. The second-order valence-electron chi connectivity index (χ2n) is 4.41. The Labute approximate surface area is 118 Å². The van der Waals surface area contributed by atoms with Gasteiger partial charge in [-0.1, -0.05) is 30.3 Å². The molecule has 3 amide bonds. The number of nitriles is 1. The number of imide groups is 1. The van der Waals surface area contributed by atoms with Crippen molar-refractivity contribution in [3.8, 4) is 6.07 Å². The maximum atomic E-state index is 13.5. The third-order valence-electron chi connectivity index (χ3n) is 3.18. The number of carbonyl (C=O) groups excluding carboxylic acids is 2. The van der Waals surface area contributed by atoms with Crippen LogP contribution in [0.4, 0.5) is 18.0 Å². The molecule has 0 bridgehead atoms. The number of urea groups is 1. The molecule has 1 aromatic carbocycles. The van der Waals surface area contributed by atoms with E-state index in [1.165, 1.54) is 18.2 Å². The van der Waals surface area contributed by atoms with Crippen LogP contribution in [0, 0.1) is 11.3 Å². The van der Waals surface area contributed by atoms with Crippen molar-refractivity contribution in [1.29, 1.82) is 5.26 Å². The first-order chi connectivity index (χ1) is 9.84. The fourth-order valence-electron chi connectivity index (χ4n) is 2.18. The Bertz CT molecular complexity index is 609. The number of nitrogens with zero attached hydrogens (tertiary/aromatic N) is 2. The van der Waals surface area contributed by atoms with Gasteiger partial charge in [-0.15, -0.1) is 0 Å². The summed E-state index contributed by atoms with van der Waals surface area (Å²) in [4.78, 5) is 24.3. The first kappa shape index (κ1) is 14.8. The average molecular weight is 297 g/mol. The molecule has 0 spiro atoms. The monoisotopic (exact) mass is 297 g/mol. The summed E-state index contributed by atoms with van der Waals surface area (Å²) in [6.07, 6.45) is -5.23. The van der Waals surface area contributed by atoms with Gasteiger partial charge in [-0.05, 0) is 5.56 Å². The molecule has 0 saturated carbocycles. The second-order valence-corrected chi connectivity index (χ2v) is 4.41. The zero-order valence-corrected chi connectivity index (χ0v) is 10.6. The third kappa shape index (κ3) is 2.20. The lowest BCUT2D eigenvalue weighted by Crippen LogP contribution is -2.55. The van der Waals surface area contributed by atoms with Gasteiger partial charge in [-0.3, -0.25) is 9.69 Å². The van der Waals surface area contributed by atoms with Crippen LogP contribution in [0.3, 0.4) is 0 Å². The minimum atomic E-state index is -5.00. The van der Waals surface area contributed by atoms with Crippen molar-refractivity contribution in [2.24, 2.45) is 0 Å². The number of halogens is 3. The van der Waals surface area contributed by atoms with Crippen LogP contribution < -0.4 is 5.32 Å². The number of carbonyl (C=O) groups is 2. The summed E-state index contributed by atoms with van der Waals surface area (Å²) in [5.74, 6) is -1.42. The van der Waals surface area contributed by atoms with E-state index in [9.17, 15) is 22.8 Å². The molecule has 21 heavy (non-hydrogen) atoms. The van der Waals surface area contributed by atoms with Gasteiger partial charge in [-0.2, -0.15) is 18.4 Å². The quantitative estimate of drug-likeness (QED) is 0.866. The van der Waals surface area contributed by atoms with Gasteiger partial charge in [0.2, 0.25) is 5.54 Å². The molecule has 1 aliphatic heterocycles. The van der Waals surface area contributed by atoms with Gasteiger partial charge in [0.15, 0.2) is 0 Å². The summed E-state index contributed by atoms with van der Waals surface area (Å²) in [6, 6.07) is 6.98. The lowest BCUT2D eigenvalue weighted by molar-refractivity contribution is -0.198. The Balaban J connectivity index is 2.52. The molecule has 5 nitrogen and oxygen atoms in total. The number of benzene rings is 1. The van der Waals surface area contributed by atoms with Crippen molar-refractivity contribution in [3.63, 3.8) is 0 Å². The van der Waals surface area contributed by atoms with Crippen molar-refractivity contribution in [1.82, 2.24) is 10.2 Å². The number of amides is 3. The van der Waals surface area contributed by atoms with E-state index in [1.807, 2.05) is 0 Å². The number of hydrogen-bond acceptors (Lipinski definition) is 3. The maximum absolute atomic E-state index is 13.5. The van der Waals surface area contributed by atoms with E-state index >= 15 is 0 Å². The Morgan fingerprint density at radius 1 is 1.24 bits per heavy atom. The predicted molar refractivity (Wildman–Crippen MR) is 64.6 cm³/mol. The van der Waals surface area contributed by atoms with E-state index in [1.54, 1.807) is 11.4 Å². The lowest BCUT2D eigenvalue weighted by atomic mass is 9.89. The summed E-state index contributed by atoms with van der Waals surface area (Å²) < 4.78 is 40.5. The van der Waals surface area contributed by atoms with Crippen LogP contribution in [-0.2, 0) is 10.3 Å². The summed E-state index contributed by atoms with van der Waals surface area (Å²) >= 11 is 0. The minimum Gasteiger partial charge on any atom is -0.312 e. The van der Waals surface area contributed by atoms with Crippen molar-refractivity contribution >= 4 is 11.9 Å². The van der Waals surface area contributed by atoms with E-state index in [0.29, 0.717) is 4.90 Å². The van der Waals surface area contributed by atoms with Gasteiger partial charge in [0.25, 0.3) is 5.91 Å². The van der Waals surface area contributed by atoms with Crippen LogP contribution in [0.5, 0.6) is 0 Å². The molecule has 0 unspecified atom stereocenters. The first-order valence-corrected chi connectivity index (χ1v) is 5.98. The highest BCUT2D eigenvalue weighted by atomic mass is 19.4. The van der Waals surface area contributed by atoms with Crippen LogP contribution in [-0.4, -0.2) is 29.6 Å². The zero-order chi connectivity index (χ0) is 15.7. The Morgan fingerprint density at radius 2 is 1.86 bits per heavy atom. The largest absolute Gasteiger partial charge is 0.425 e. The molecule has 1 N–H and O–H groups in total. The molecule has 1 saturated heterocycles. The maximum Gasteiger partial charge on any atom is 0.425 e. The van der Waals surface area contributed by atoms with Gasteiger partial charge in [0.1, 0.15) is 0 Å². The standard InChI is InChI=1S/C13H10F3N3O2/c14-13(15,16)12(9-5-2-1-3-6-9)10(20)19(8-4-7-17)11(21)18-12/h1-3,5-6H,4,8H2,(H,18,21)/t12-/m0/s1. The molecule has 1 atom stereocenters.